The van der Waals surface area contributed by atoms with E-state index in [1.807, 2.05) is 0 Å². The van der Waals surface area contributed by atoms with Gasteiger partial charge in [0.25, 0.3) is 0 Å². The van der Waals surface area contributed by atoms with Gasteiger partial charge in [-0.2, -0.15) is 5.21 Å². The van der Waals surface area contributed by atoms with Gasteiger partial charge in [0.15, 0.2) is 5.82 Å². The smallest absolute Gasteiger partial charge is 0.234 e. The molecule has 1 heterocycles. The monoisotopic (exact) mass is 572 g/mol. The zero-order chi connectivity index (χ0) is 28.6. The Hall–Kier alpha value is -2.61. The molecule has 0 aliphatic rings. The number of carbonyl (C=O) groups is 3. The summed E-state index contributed by atoms with van der Waals surface area (Å²) >= 11 is 0. The largest absolute Gasteiger partial charge is 0.354 e. The predicted molar refractivity (Wildman–Crippen MR) is 149 cm³/mol. The third-order valence-electron chi connectivity index (χ3n) is 6.23. The summed E-state index contributed by atoms with van der Waals surface area (Å²) in [6, 6.07) is 0. The van der Waals surface area contributed by atoms with Crippen molar-refractivity contribution in [1.82, 2.24) is 36.0 Å². The van der Waals surface area contributed by atoms with Crippen LogP contribution < -0.4 is 21.1 Å². The molecular weight excluding hydrogens is 524 g/mol. The van der Waals surface area contributed by atoms with Gasteiger partial charge >= 0.3 is 0 Å². The highest BCUT2D eigenvalue weighted by Gasteiger charge is 2.15. The maximum atomic E-state index is 12.1. The first-order valence-corrected chi connectivity index (χ1v) is 16.0. The Bertz CT molecular complexity index is 896. The number of amides is 3. The minimum atomic E-state index is -3.75. The van der Waals surface area contributed by atoms with Gasteiger partial charge < -0.3 is 16.4 Å². The fraction of sp³-hybridized carbons (Fsp3) is 0.840. The lowest BCUT2D eigenvalue weighted by Gasteiger charge is -2.08. The van der Waals surface area contributed by atoms with Crippen LogP contribution in [0.5, 0.6) is 0 Å². The number of nitrogens with zero attached hydrogens (tertiary/aromatic N) is 3. The van der Waals surface area contributed by atoms with Crippen LogP contribution in [0, 0.1) is 0 Å². The minimum Gasteiger partial charge on any atom is -0.354 e. The van der Waals surface area contributed by atoms with Gasteiger partial charge in [0.2, 0.25) is 27.7 Å². The van der Waals surface area contributed by atoms with Gasteiger partial charge in [0, 0.05) is 32.4 Å². The van der Waals surface area contributed by atoms with E-state index < -0.39 is 15.9 Å². The number of tetrazole rings is 1. The van der Waals surface area contributed by atoms with E-state index in [0.717, 1.165) is 37.9 Å². The van der Waals surface area contributed by atoms with Crippen LogP contribution in [-0.4, -0.2) is 72.2 Å². The highest BCUT2D eigenvalue weighted by Crippen LogP contribution is 2.13. The zero-order valence-corrected chi connectivity index (χ0v) is 24.0. The lowest BCUT2D eigenvalue weighted by molar-refractivity contribution is -0.122. The quantitative estimate of drug-likeness (QED) is 0.108. The molecule has 1 aromatic rings. The molecule has 0 fully saturated rings. The number of carbonyl (C=O) groups excluding carboxylic acids is 3. The molecule has 3 amide bonds. The molecule has 13 nitrogen and oxygen atoms in total. The van der Waals surface area contributed by atoms with Crippen LogP contribution in [0.1, 0.15) is 109 Å². The Labute approximate surface area is 232 Å². The van der Waals surface area contributed by atoms with Crippen molar-refractivity contribution in [3.63, 3.8) is 0 Å². The summed E-state index contributed by atoms with van der Waals surface area (Å²) < 4.78 is 26.2. The first kappa shape index (κ1) is 34.4. The van der Waals surface area contributed by atoms with Crippen LogP contribution in [0.15, 0.2) is 0 Å². The van der Waals surface area contributed by atoms with E-state index in [-0.39, 0.29) is 56.5 Å². The Balaban J connectivity index is 1.88. The molecule has 14 heteroatoms. The van der Waals surface area contributed by atoms with Crippen molar-refractivity contribution in [2.45, 2.75) is 109 Å². The summed E-state index contributed by atoms with van der Waals surface area (Å²) in [6.45, 7) is 0.369. The lowest BCUT2D eigenvalue weighted by atomic mass is 10.0. The maximum absolute atomic E-state index is 12.1. The number of rotatable bonds is 25. The van der Waals surface area contributed by atoms with Gasteiger partial charge in [-0.05, 0) is 19.3 Å². The van der Waals surface area contributed by atoms with E-state index in [1.54, 1.807) is 0 Å². The van der Waals surface area contributed by atoms with Crippen molar-refractivity contribution in [2.24, 2.45) is 5.73 Å². The van der Waals surface area contributed by atoms with Crippen molar-refractivity contribution in [1.29, 1.82) is 0 Å². The van der Waals surface area contributed by atoms with Gasteiger partial charge in [0.1, 0.15) is 0 Å². The molecule has 0 atom stereocenters. The summed E-state index contributed by atoms with van der Waals surface area (Å²) in [5, 5.41) is 19.0. The molecule has 0 unspecified atom stereocenters. The standard InChI is InChI=1S/C25H48N8O5S/c26-21-25(36)28-19-18-27-23(34)17-14-20-39(37,38)31-24(35)16-13-11-9-7-5-3-1-2-4-6-8-10-12-15-22-29-32-33-30-22/h1-21,26H2,(H,27,34)(H,28,36)(H,31,35)(H,29,30,32,33). The molecule has 6 N–H and O–H groups in total. The molecule has 0 radical (unpaired) electrons. The van der Waals surface area contributed by atoms with E-state index in [9.17, 15) is 22.8 Å². The van der Waals surface area contributed by atoms with Gasteiger partial charge in [0.05, 0.1) is 12.3 Å². The Morgan fingerprint density at radius 2 is 1.21 bits per heavy atom. The molecule has 0 aromatic carbocycles. The van der Waals surface area contributed by atoms with Crippen LogP contribution in [0.2, 0.25) is 0 Å². The molecule has 224 valence electrons. The normalized spacial score (nSPS) is 11.3. The SMILES string of the molecule is NCC(=O)NCCNC(=O)CCCS(=O)(=O)NC(=O)CCCCCCCCCCCCCCCc1nn[nH]n1. The first-order chi connectivity index (χ1) is 18.8. The summed E-state index contributed by atoms with van der Waals surface area (Å²) in [7, 11) is -3.75. The van der Waals surface area contributed by atoms with Crippen LogP contribution in [0.4, 0.5) is 0 Å². The number of nitrogens with one attached hydrogen (secondary N) is 4. The van der Waals surface area contributed by atoms with Crippen LogP contribution in [0.25, 0.3) is 0 Å². The van der Waals surface area contributed by atoms with Gasteiger partial charge in [-0.15, -0.1) is 10.2 Å². The molecule has 1 rings (SSSR count). The fourth-order valence-corrected chi connectivity index (χ4v) is 5.14. The summed E-state index contributed by atoms with van der Waals surface area (Å²) in [4.78, 5) is 34.7. The van der Waals surface area contributed by atoms with Crippen LogP contribution in [0.3, 0.4) is 0 Å². The summed E-state index contributed by atoms with van der Waals surface area (Å²) in [6.07, 6.45) is 16.0. The number of unbranched alkanes of at least 4 members (excludes halogenated alkanes) is 12. The second kappa shape index (κ2) is 22.2. The van der Waals surface area contributed by atoms with Crippen molar-refractivity contribution in [3.8, 4) is 0 Å². The Kier molecular flexibility index (Phi) is 19.6. The molecule has 39 heavy (non-hydrogen) atoms. The van der Waals surface area contributed by atoms with E-state index in [0.29, 0.717) is 6.42 Å². The number of hydrogen-bond acceptors (Lipinski definition) is 9. The van der Waals surface area contributed by atoms with Crippen LogP contribution >= 0.6 is 0 Å². The zero-order valence-electron chi connectivity index (χ0n) is 23.2. The first-order valence-electron chi connectivity index (χ1n) is 14.3. The summed E-state index contributed by atoms with van der Waals surface area (Å²) in [5.74, 6) is -0.627. The van der Waals surface area contributed by atoms with Crippen LogP contribution in [-0.2, 0) is 30.8 Å². The number of H-pyrrole nitrogens is 1. The van der Waals surface area contributed by atoms with Gasteiger partial charge in [-0.1, -0.05) is 75.8 Å². The molecule has 0 spiro atoms. The van der Waals surface area contributed by atoms with E-state index in [1.165, 1.54) is 51.4 Å². The average Bonchev–Trinajstić information content (AvgIpc) is 3.42. The third kappa shape index (κ3) is 21.0. The van der Waals surface area contributed by atoms with E-state index in [2.05, 4.69) is 36.0 Å². The Morgan fingerprint density at radius 1 is 0.692 bits per heavy atom. The van der Waals surface area contributed by atoms with E-state index >= 15 is 0 Å². The van der Waals surface area contributed by atoms with E-state index in [4.69, 9.17) is 5.73 Å². The number of nitrogens with two attached hydrogens (primary N) is 1. The highest BCUT2D eigenvalue weighted by molar-refractivity contribution is 7.90. The fourth-order valence-electron chi connectivity index (χ4n) is 4.06. The van der Waals surface area contributed by atoms with Gasteiger partial charge in [-0.25, -0.2) is 8.42 Å². The number of aromatic amines is 1. The predicted octanol–water partition coefficient (Wildman–Crippen LogP) is 1.62. The van der Waals surface area contributed by atoms with Crippen molar-refractivity contribution in [3.05, 3.63) is 5.82 Å². The number of aryl methyl sites for hydroxylation is 1. The molecule has 0 saturated heterocycles. The maximum Gasteiger partial charge on any atom is 0.234 e. The number of sulfonamides is 1. The van der Waals surface area contributed by atoms with Crippen molar-refractivity contribution in [2.75, 3.05) is 25.4 Å². The molecular formula is C25H48N8O5S. The molecule has 0 aliphatic heterocycles. The second-order valence-electron chi connectivity index (χ2n) is 9.78. The number of hydrogen-bond donors (Lipinski definition) is 5. The highest BCUT2D eigenvalue weighted by atomic mass is 32.2. The average molecular weight is 573 g/mol. The molecule has 1 aromatic heterocycles. The third-order valence-corrected chi connectivity index (χ3v) is 7.60. The van der Waals surface area contributed by atoms with Crippen molar-refractivity contribution >= 4 is 27.7 Å². The number of aromatic nitrogens is 4. The minimum absolute atomic E-state index is 0.0174. The molecule has 0 bridgehead atoms. The van der Waals surface area contributed by atoms with Gasteiger partial charge in [-0.3, -0.25) is 19.1 Å². The topological polar surface area (TPSA) is 202 Å². The van der Waals surface area contributed by atoms with Crippen molar-refractivity contribution < 1.29 is 22.8 Å². The summed E-state index contributed by atoms with van der Waals surface area (Å²) in [5.41, 5.74) is 5.15. The molecule has 0 saturated carbocycles. The lowest BCUT2D eigenvalue weighted by Crippen LogP contribution is -2.37. The second-order valence-corrected chi connectivity index (χ2v) is 11.6. The molecule has 0 aliphatic carbocycles. The Morgan fingerprint density at radius 3 is 1.74 bits per heavy atom.